The first kappa shape index (κ1) is 30.4. The van der Waals surface area contributed by atoms with E-state index in [0.717, 1.165) is 17.1 Å². The topological polar surface area (TPSA) is 3.24 Å². The molecule has 0 unspecified atom stereocenters. The molecule has 51 heavy (non-hydrogen) atoms. The molecule has 0 saturated heterocycles. The first-order chi connectivity index (χ1) is 25.3. The van der Waals surface area contributed by atoms with Crippen molar-refractivity contribution >= 4 is 38.6 Å². The molecule has 0 aliphatic rings. The van der Waals surface area contributed by atoms with Crippen LogP contribution in [-0.2, 0) is 0 Å². The SMILES string of the molecule is c1ccc(-c2cccc(-c3ccc(N(c4ccc(-c5cccc6ccccc56)cc4)c4cccc(-c5ccc6ccccc6c5)c4)cc3)c2)cc1. The van der Waals surface area contributed by atoms with E-state index in [4.69, 9.17) is 0 Å². The summed E-state index contributed by atoms with van der Waals surface area (Å²) in [5, 5.41) is 5.01. The summed E-state index contributed by atoms with van der Waals surface area (Å²) >= 11 is 0. The number of benzene rings is 9. The van der Waals surface area contributed by atoms with Crippen LogP contribution in [0.25, 0.3) is 66.1 Å². The van der Waals surface area contributed by atoms with Gasteiger partial charge in [-0.1, -0.05) is 164 Å². The second kappa shape index (κ2) is 13.3. The first-order valence-electron chi connectivity index (χ1n) is 17.5. The van der Waals surface area contributed by atoms with Crippen molar-refractivity contribution in [3.63, 3.8) is 0 Å². The molecule has 0 aliphatic heterocycles. The molecule has 9 rings (SSSR count). The number of rotatable bonds is 7. The largest absolute Gasteiger partial charge is 0.310 e. The minimum atomic E-state index is 1.10. The fourth-order valence-corrected chi connectivity index (χ4v) is 7.22. The van der Waals surface area contributed by atoms with E-state index in [9.17, 15) is 0 Å². The fraction of sp³-hybridized carbons (Fsp3) is 0. The van der Waals surface area contributed by atoms with Crippen LogP contribution in [0.2, 0.25) is 0 Å². The average Bonchev–Trinajstić information content (AvgIpc) is 3.21. The number of hydrogen-bond donors (Lipinski definition) is 0. The van der Waals surface area contributed by atoms with E-state index >= 15 is 0 Å². The molecule has 0 N–H and O–H groups in total. The van der Waals surface area contributed by atoms with E-state index in [1.165, 1.54) is 66.1 Å². The number of nitrogens with zero attached hydrogens (tertiary/aromatic N) is 1. The summed E-state index contributed by atoms with van der Waals surface area (Å²) in [6, 6.07) is 76.6. The fourth-order valence-electron chi connectivity index (χ4n) is 7.22. The van der Waals surface area contributed by atoms with Gasteiger partial charge in [0.15, 0.2) is 0 Å². The minimum Gasteiger partial charge on any atom is -0.310 e. The van der Waals surface area contributed by atoms with Gasteiger partial charge in [-0.25, -0.2) is 0 Å². The van der Waals surface area contributed by atoms with Crippen molar-refractivity contribution < 1.29 is 0 Å². The maximum absolute atomic E-state index is 2.36. The molecule has 0 heterocycles. The van der Waals surface area contributed by atoms with Crippen LogP contribution in [0.3, 0.4) is 0 Å². The molecule has 0 fully saturated rings. The van der Waals surface area contributed by atoms with Crippen LogP contribution >= 0.6 is 0 Å². The molecule has 0 aliphatic carbocycles. The third kappa shape index (κ3) is 6.07. The van der Waals surface area contributed by atoms with Crippen molar-refractivity contribution in [2.75, 3.05) is 4.90 Å². The molecule has 1 nitrogen and oxygen atoms in total. The van der Waals surface area contributed by atoms with Gasteiger partial charge < -0.3 is 4.90 Å². The summed E-state index contributed by atoms with van der Waals surface area (Å²) in [6.45, 7) is 0. The third-order valence-electron chi connectivity index (χ3n) is 9.84. The summed E-state index contributed by atoms with van der Waals surface area (Å²) in [5.74, 6) is 0. The van der Waals surface area contributed by atoms with Gasteiger partial charge in [-0.2, -0.15) is 0 Å². The van der Waals surface area contributed by atoms with Gasteiger partial charge in [0.05, 0.1) is 0 Å². The van der Waals surface area contributed by atoms with Crippen molar-refractivity contribution in [1.29, 1.82) is 0 Å². The minimum absolute atomic E-state index is 1.10. The van der Waals surface area contributed by atoms with Gasteiger partial charge in [0.1, 0.15) is 0 Å². The monoisotopic (exact) mass is 649 g/mol. The Morgan fingerprint density at radius 3 is 1.47 bits per heavy atom. The van der Waals surface area contributed by atoms with Crippen molar-refractivity contribution in [1.82, 2.24) is 0 Å². The quantitative estimate of drug-likeness (QED) is 0.166. The summed E-state index contributed by atoms with van der Waals surface area (Å²) in [4.78, 5) is 2.36. The molecule has 9 aromatic carbocycles. The molecule has 0 amide bonds. The maximum Gasteiger partial charge on any atom is 0.0467 e. The van der Waals surface area contributed by atoms with E-state index in [0.29, 0.717) is 0 Å². The van der Waals surface area contributed by atoms with Gasteiger partial charge >= 0.3 is 0 Å². The Balaban J connectivity index is 1.12. The van der Waals surface area contributed by atoms with Gasteiger partial charge in [0, 0.05) is 17.1 Å². The maximum atomic E-state index is 2.36. The second-order valence-electron chi connectivity index (χ2n) is 13.0. The van der Waals surface area contributed by atoms with Crippen molar-refractivity contribution in [3.05, 3.63) is 212 Å². The molecule has 0 atom stereocenters. The highest BCUT2D eigenvalue weighted by Crippen LogP contribution is 2.39. The van der Waals surface area contributed by atoms with Crippen molar-refractivity contribution in [3.8, 4) is 44.5 Å². The van der Waals surface area contributed by atoms with E-state index in [-0.39, 0.29) is 0 Å². The van der Waals surface area contributed by atoms with Gasteiger partial charge in [-0.05, 0) is 115 Å². The molecule has 0 radical (unpaired) electrons. The summed E-state index contributed by atoms with van der Waals surface area (Å²) in [5.41, 5.74) is 13.0. The third-order valence-corrected chi connectivity index (χ3v) is 9.84. The lowest BCUT2D eigenvalue weighted by molar-refractivity contribution is 1.28. The van der Waals surface area contributed by atoms with E-state index in [1.54, 1.807) is 0 Å². The normalized spacial score (nSPS) is 11.1. The van der Waals surface area contributed by atoms with Crippen LogP contribution in [0.1, 0.15) is 0 Å². The van der Waals surface area contributed by atoms with E-state index in [1.807, 2.05) is 0 Å². The first-order valence-corrected chi connectivity index (χ1v) is 17.5. The zero-order valence-electron chi connectivity index (χ0n) is 28.2. The molecule has 0 aromatic heterocycles. The molecule has 0 spiro atoms. The van der Waals surface area contributed by atoms with Crippen LogP contribution < -0.4 is 4.90 Å². The lowest BCUT2D eigenvalue weighted by Gasteiger charge is -2.26. The number of fused-ring (bicyclic) bond motifs is 2. The predicted molar refractivity (Wildman–Crippen MR) is 218 cm³/mol. The molecule has 1 heteroatoms. The van der Waals surface area contributed by atoms with Crippen molar-refractivity contribution in [2.24, 2.45) is 0 Å². The van der Waals surface area contributed by atoms with Gasteiger partial charge in [-0.15, -0.1) is 0 Å². The Labute approximate surface area is 299 Å². The van der Waals surface area contributed by atoms with Crippen LogP contribution in [0.5, 0.6) is 0 Å². The molecule has 0 bridgehead atoms. The highest BCUT2D eigenvalue weighted by molar-refractivity contribution is 5.97. The zero-order valence-corrected chi connectivity index (χ0v) is 28.2. The highest BCUT2D eigenvalue weighted by Gasteiger charge is 2.15. The zero-order chi connectivity index (χ0) is 34.0. The van der Waals surface area contributed by atoms with Gasteiger partial charge in [0.25, 0.3) is 0 Å². The Morgan fingerprint density at radius 2 is 0.725 bits per heavy atom. The molecule has 9 aromatic rings. The molecular weight excluding hydrogens is 615 g/mol. The summed E-state index contributed by atoms with van der Waals surface area (Å²) in [6.07, 6.45) is 0. The molecule has 240 valence electrons. The lowest BCUT2D eigenvalue weighted by Crippen LogP contribution is -2.10. The Morgan fingerprint density at radius 1 is 0.235 bits per heavy atom. The predicted octanol–water partition coefficient (Wildman–Crippen LogP) is 14.1. The van der Waals surface area contributed by atoms with Gasteiger partial charge in [0.2, 0.25) is 0 Å². The van der Waals surface area contributed by atoms with E-state index < -0.39 is 0 Å². The van der Waals surface area contributed by atoms with Crippen LogP contribution in [0, 0.1) is 0 Å². The summed E-state index contributed by atoms with van der Waals surface area (Å²) in [7, 11) is 0. The van der Waals surface area contributed by atoms with Gasteiger partial charge in [-0.3, -0.25) is 0 Å². The second-order valence-corrected chi connectivity index (χ2v) is 13.0. The highest BCUT2D eigenvalue weighted by atomic mass is 15.1. The van der Waals surface area contributed by atoms with Crippen LogP contribution in [0.4, 0.5) is 17.1 Å². The van der Waals surface area contributed by atoms with Crippen LogP contribution in [-0.4, -0.2) is 0 Å². The number of hydrogen-bond acceptors (Lipinski definition) is 1. The molecular formula is C50H35N. The van der Waals surface area contributed by atoms with Crippen LogP contribution in [0.15, 0.2) is 212 Å². The Kier molecular flexibility index (Phi) is 7.92. The Hall–Kier alpha value is -6.70. The lowest BCUT2D eigenvalue weighted by atomic mass is 9.97. The number of anilines is 3. The molecule has 0 saturated carbocycles. The smallest absolute Gasteiger partial charge is 0.0467 e. The van der Waals surface area contributed by atoms with Crippen molar-refractivity contribution in [2.45, 2.75) is 0 Å². The standard InChI is InChI=1S/C50H35N/c1-2-11-36(12-3-1)42-17-8-18-43(33-42)38-25-29-46(30-26-38)51(47-31-27-40(28-32-47)50-22-10-16-39-14-6-7-21-49(39)50)48-20-9-19-44(35-48)45-24-23-37-13-4-5-15-41(37)34-45/h1-35H. The Bertz CT molecular complexity index is 2610. The average molecular weight is 650 g/mol. The summed E-state index contributed by atoms with van der Waals surface area (Å²) < 4.78 is 0. The van der Waals surface area contributed by atoms with E-state index in [2.05, 4.69) is 217 Å².